The zero-order chi connectivity index (χ0) is 18.2. The highest BCUT2D eigenvalue weighted by Crippen LogP contribution is 2.23. The molecule has 0 amide bonds. The van der Waals surface area contributed by atoms with Gasteiger partial charge < -0.3 is 9.30 Å². The molecule has 0 fully saturated rings. The molecule has 130 valence electrons. The third-order valence-corrected chi connectivity index (χ3v) is 5.09. The van der Waals surface area contributed by atoms with Crippen molar-refractivity contribution in [2.24, 2.45) is 5.14 Å². The highest BCUT2D eigenvalue weighted by molar-refractivity contribution is 7.89. The first kappa shape index (κ1) is 17.4. The van der Waals surface area contributed by atoms with E-state index < -0.39 is 10.0 Å². The monoisotopic (exact) mass is 379 g/mol. The number of methoxy groups -OCH3 is 1. The summed E-state index contributed by atoms with van der Waals surface area (Å²) in [6, 6.07) is 9.31. The van der Waals surface area contributed by atoms with Gasteiger partial charge >= 0.3 is 0 Å². The summed E-state index contributed by atoms with van der Waals surface area (Å²) in [4.78, 5) is 16.5. The Morgan fingerprint density at radius 2 is 2.04 bits per heavy atom. The van der Waals surface area contributed by atoms with Crippen molar-refractivity contribution in [3.63, 3.8) is 0 Å². The van der Waals surface area contributed by atoms with Crippen molar-refractivity contribution in [1.82, 2.24) is 9.55 Å². The van der Waals surface area contributed by atoms with Gasteiger partial charge in [-0.1, -0.05) is 11.6 Å². The van der Waals surface area contributed by atoms with Crippen LogP contribution in [-0.4, -0.2) is 30.9 Å². The number of ether oxygens (including phenoxy) is 1. The molecule has 25 heavy (non-hydrogen) atoms. The molecule has 2 aromatic carbocycles. The van der Waals surface area contributed by atoms with Crippen molar-refractivity contribution in [1.29, 1.82) is 0 Å². The highest BCUT2D eigenvalue weighted by atomic mass is 35.5. The average molecular weight is 380 g/mol. The number of benzene rings is 2. The van der Waals surface area contributed by atoms with Crippen LogP contribution >= 0.6 is 11.6 Å². The van der Waals surface area contributed by atoms with Gasteiger partial charge in [-0.25, -0.2) is 18.5 Å². The van der Waals surface area contributed by atoms with Gasteiger partial charge in [0.2, 0.25) is 10.0 Å². The molecular formula is C16H14ClN3O4S. The van der Waals surface area contributed by atoms with Crippen LogP contribution in [0.2, 0.25) is 5.02 Å². The smallest absolute Gasteiger partial charge is 0.239 e. The molecular weight excluding hydrogens is 366 g/mol. The lowest BCUT2D eigenvalue weighted by molar-refractivity contribution is 0.0973. The second kappa shape index (κ2) is 6.47. The molecule has 0 spiro atoms. The Balaban J connectivity index is 1.93. The Morgan fingerprint density at radius 3 is 2.72 bits per heavy atom. The van der Waals surface area contributed by atoms with Crippen molar-refractivity contribution < 1.29 is 17.9 Å². The molecule has 0 aliphatic heterocycles. The number of primary sulfonamides is 1. The number of hydrogen-bond acceptors (Lipinski definition) is 5. The molecule has 0 aliphatic carbocycles. The van der Waals surface area contributed by atoms with Crippen LogP contribution < -0.4 is 9.88 Å². The first-order valence-electron chi connectivity index (χ1n) is 7.14. The SMILES string of the molecule is COc1ccc2c(c1)ncn2CC(=O)c1ccc(Cl)c(S(N)(=O)=O)c1. The first-order valence-corrected chi connectivity index (χ1v) is 9.06. The number of imidazole rings is 1. The zero-order valence-electron chi connectivity index (χ0n) is 13.1. The first-order chi connectivity index (χ1) is 11.8. The van der Waals surface area contributed by atoms with Gasteiger partial charge in [-0.05, 0) is 30.3 Å². The van der Waals surface area contributed by atoms with Gasteiger partial charge in [0, 0.05) is 11.6 Å². The maximum absolute atomic E-state index is 12.5. The lowest BCUT2D eigenvalue weighted by Gasteiger charge is -2.07. The van der Waals surface area contributed by atoms with Gasteiger partial charge in [0.15, 0.2) is 5.78 Å². The molecule has 3 rings (SSSR count). The van der Waals surface area contributed by atoms with E-state index in [0.29, 0.717) is 11.3 Å². The third kappa shape index (κ3) is 3.51. The minimum atomic E-state index is -4.01. The highest BCUT2D eigenvalue weighted by Gasteiger charge is 2.17. The van der Waals surface area contributed by atoms with E-state index in [4.69, 9.17) is 21.5 Å². The minimum absolute atomic E-state index is 0.00544. The normalized spacial score (nSPS) is 11.6. The van der Waals surface area contributed by atoms with Gasteiger partial charge in [0.25, 0.3) is 0 Å². The standard InChI is InChI=1S/C16H14ClN3O4S/c1-24-11-3-5-14-13(7-11)19-9-20(14)8-15(21)10-2-4-12(17)16(6-10)25(18,22)23/h2-7,9H,8H2,1H3,(H2,18,22,23). The van der Waals surface area contributed by atoms with E-state index in [-0.39, 0.29) is 27.8 Å². The summed E-state index contributed by atoms with van der Waals surface area (Å²) < 4.78 is 29.9. The van der Waals surface area contributed by atoms with E-state index in [1.54, 1.807) is 36.2 Å². The molecule has 0 atom stereocenters. The molecule has 0 aliphatic rings. The van der Waals surface area contributed by atoms with Crippen LogP contribution in [0.4, 0.5) is 0 Å². The molecule has 0 bridgehead atoms. The Morgan fingerprint density at radius 1 is 1.28 bits per heavy atom. The molecule has 3 aromatic rings. The van der Waals surface area contributed by atoms with Crippen molar-refractivity contribution in [3.05, 3.63) is 53.3 Å². The van der Waals surface area contributed by atoms with E-state index in [2.05, 4.69) is 4.98 Å². The largest absolute Gasteiger partial charge is 0.497 e. The fourth-order valence-electron chi connectivity index (χ4n) is 2.44. The molecule has 9 heteroatoms. The van der Waals surface area contributed by atoms with Crippen molar-refractivity contribution in [2.45, 2.75) is 11.4 Å². The van der Waals surface area contributed by atoms with E-state index in [1.165, 1.54) is 18.2 Å². The van der Waals surface area contributed by atoms with Gasteiger partial charge in [0.1, 0.15) is 10.6 Å². The van der Waals surface area contributed by atoms with E-state index in [9.17, 15) is 13.2 Å². The molecule has 0 saturated carbocycles. The predicted octanol–water partition coefficient (Wildman–Crippen LogP) is 2.23. The average Bonchev–Trinajstić information content (AvgIpc) is 2.96. The topological polar surface area (TPSA) is 104 Å². The summed E-state index contributed by atoms with van der Waals surface area (Å²) in [5, 5.41) is 5.09. The maximum atomic E-state index is 12.5. The number of halogens is 1. The Labute approximate surface area is 149 Å². The number of Topliss-reactive ketones (excluding diaryl/α,β-unsaturated/α-hetero) is 1. The fourth-order valence-corrected chi connectivity index (χ4v) is 3.51. The summed E-state index contributed by atoms with van der Waals surface area (Å²) in [5.74, 6) is 0.372. The Bertz CT molecular complexity index is 1080. The third-order valence-electron chi connectivity index (χ3n) is 3.70. The fraction of sp³-hybridized carbons (Fsp3) is 0.125. The quantitative estimate of drug-likeness (QED) is 0.684. The zero-order valence-corrected chi connectivity index (χ0v) is 14.7. The van der Waals surface area contributed by atoms with Crippen LogP contribution in [0.5, 0.6) is 5.75 Å². The minimum Gasteiger partial charge on any atom is -0.497 e. The maximum Gasteiger partial charge on any atom is 0.239 e. The second-order valence-corrected chi connectivity index (χ2v) is 7.28. The molecule has 0 radical (unpaired) electrons. The summed E-state index contributed by atoms with van der Waals surface area (Å²) in [5.41, 5.74) is 1.65. The number of rotatable bonds is 5. The lowest BCUT2D eigenvalue weighted by atomic mass is 10.1. The molecule has 1 aromatic heterocycles. The van der Waals surface area contributed by atoms with Gasteiger partial charge in [-0.15, -0.1) is 0 Å². The number of carbonyl (C=O) groups is 1. The van der Waals surface area contributed by atoms with E-state index in [1.807, 2.05) is 0 Å². The number of hydrogen-bond donors (Lipinski definition) is 1. The van der Waals surface area contributed by atoms with Gasteiger partial charge in [-0.3, -0.25) is 4.79 Å². The van der Waals surface area contributed by atoms with Crippen LogP contribution in [0.25, 0.3) is 11.0 Å². The van der Waals surface area contributed by atoms with Crippen molar-refractivity contribution in [3.8, 4) is 5.75 Å². The van der Waals surface area contributed by atoms with Gasteiger partial charge in [-0.2, -0.15) is 0 Å². The van der Waals surface area contributed by atoms with Crippen LogP contribution in [0.1, 0.15) is 10.4 Å². The Hall–Kier alpha value is -2.42. The number of sulfonamides is 1. The van der Waals surface area contributed by atoms with Crippen molar-refractivity contribution in [2.75, 3.05) is 7.11 Å². The number of ketones is 1. The number of nitrogens with two attached hydrogens (primary N) is 1. The van der Waals surface area contributed by atoms with E-state index in [0.717, 1.165) is 5.52 Å². The summed E-state index contributed by atoms with van der Waals surface area (Å²) in [7, 11) is -2.45. The van der Waals surface area contributed by atoms with Crippen molar-refractivity contribution >= 4 is 38.4 Å². The van der Waals surface area contributed by atoms with Crippen LogP contribution in [0, 0.1) is 0 Å². The van der Waals surface area contributed by atoms with Gasteiger partial charge in [0.05, 0.1) is 36.0 Å². The lowest BCUT2D eigenvalue weighted by Crippen LogP contribution is -2.15. The Kier molecular flexibility index (Phi) is 4.51. The molecule has 7 nitrogen and oxygen atoms in total. The number of nitrogens with zero attached hydrogens (tertiary/aromatic N) is 2. The molecule has 0 unspecified atom stereocenters. The summed E-state index contributed by atoms with van der Waals surface area (Å²) in [6.07, 6.45) is 1.54. The number of carbonyl (C=O) groups excluding carboxylic acids is 1. The molecule has 1 heterocycles. The summed E-state index contributed by atoms with van der Waals surface area (Å²) in [6.45, 7) is -0.00544. The van der Waals surface area contributed by atoms with E-state index >= 15 is 0 Å². The van der Waals surface area contributed by atoms with Crippen LogP contribution in [0.3, 0.4) is 0 Å². The second-order valence-electron chi connectivity index (χ2n) is 5.34. The van der Waals surface area contributed by atoms with Crippen LogP contribution in [0.15, 0.2) is 47.6 Å². The number of aromatic nitrogens is 2. The predicted molar refractivity (Wildman–Crippen MR) is 93.4 cm³/mol. The van der Waals surface area contributed by atoms with Crippen LogP contribution in [-0.2, 0) is 16.6 Å². The number of fused-ring (bicyclic) bond motifs is 1. The summed E-state index contributed by atoms with van der Waals surface area (Å²) >= 11 is 5.84. The molecule has 0 saturated heterocycles. The molecule has 2 N–H and O–H groups in total.